The van der Waals surface area contributed by atoms with E-state index in [2.05, 4.69) is 15.1 Å². The highest BCUT2D eigenvalue weighted by Gasteiger charge is 2.31. The van der Waals surface area contributed by atoms with Crippen LogP contribution in [0.2, 0.25) is 0 Å². The molecule has 33 heavy (non-hydrogen) atoms. The van der Waals surface area contributed by atoms with Crippen molar-refractivity contribution in [1.82, 2.24) is 24.9 Å². The lowest BCUT2D eigenvalue weighted by molar-refractivity contribution is -0.137. The van der Waals surface area contributed by atoms with Crippen molar-refractivity contribution in [3.05, 3.63) is 65.8 Å². The van der Waals surface area contributed by atoms with Gasteiger partial charge in [0.05, 0.1) is 5.56 Å². The van der Waals surface area contributed by atoms with Gasteiger partial charge in [-0.3, -0.25) is 14.6 Å². The number of amides is 2. The first-order chi connectivity index (χ1) is 15.8. The minimum atomic E-state index is -4.45. The quantitative estimate of drug-likeness (QED) is 0.582. The van der Waals surface area contributed by atoms with Gasteiger partial charge >= 0.3 is 6.18 Å². The lowest BCUT2D eigenvalue weighted by Crippen LogP contribution is -2.50. The number of piperazine rings is 1. The van der Waals surface area contributed by atoms with Crippen LogP contribution in [-0.4, -0.2) is 62.9 Å². The van der Waals surface area contributed by atoms with Gasteiger partial charge in [-0.1, -0.05) is 5.16 Å². The molecule has 172 valence electrons. The van der Waals surface area contributed by atoms with Gasteiger partial charge in [0.1, 0.15) is 0 Å². The Hall–Kier alpha value is -3.76. The van der Waals surface area contributed by atoms with Gasteiger partial charge in [0, 0.05) is 62.5 Å². The third-order valence-electron chi connectivity index (χ3n) is 5.34. The normalized spacial score (nSPS) is 14.4. The van der Waals surface area contributed by atoms with Crippen molar-refractivity contribution in [1.29, 1.82) is 0 Å². The highest BCUT2D eigenvalue weighted by atomic mass is 19.4. The second-order valence-electron chi connectivity index (χ2n) is 7.50. The predicted molar refractivity (Wildman–Crippen MR) is 110 cm³/mol. The summed E-state index contributed by atoms with van der Waals surface area (Å²) in [6.45, 7) is 1.30. The molecule has 0 bridgehead atoms. The van der Waals surface area contributed by atoms with Crippen molar-refractivity contribution in [3.63, 3.8) is 0 Å². The third-order valence-corrected chi connectivity index (χ3v) is 5.34. The molecule has 1 saturated heterocycles. The van der Waals surface area contributed by atoms with Crippen LogP contribution in [0, 0.1) is 0 Å². The number of halogens is 3. The maximum atomic E-state index is 12.7. The highest BCUT2D eigenvalue weighted by Crippen LogP contribution is 2.29. The van der Waals surface area contributed by atoms with Crippen LogP contribution in [0.15, 0.2) is 53.3 Å². The number of pyridine rings is 1. The van der Waals surface area contributed by atoms with Crippen LogP contribution in [0.25, 0.3) is 11.4 Å². The largest absolute Gasteiger partial charge is 0.416 e. The Labute approximate surface area is 187 Å². The van der Waals surface area contributed by atoms with Gasteiger partial charge in [-0.05, 0) is 36.4 Å². The van der Waals surface area contributed by atoms with Gasteiger partial charge in [0.25, 0.3) is 5.91 Å². The maximum absolute atomic E-state index is 12.7. The van der Waals surface area contributed by atoms with E-state index < -0.39 is 11.7 Å². The van der Waals surface area contributed by atoms with E-state index in [1.807, 2.05) is 0 Å². The number of aryl methyl sites for hydroxylation is 1. The monoisotopic (exact) mass is 459 g/mol. The zero-order valence-electron chi connectivity index (χ0n) is 17.5. The minimum Gasteiger partial charge on any atom is -0.339 e. The number of carbonyl (C=O) groups excluding carboxylic acids is 2. The molecule has 11 heteroatoms. The molecule has 0 aliphatic carbocycles. The second kappa shape index (κ2) is 9.39. The van der Waals surface area contributed by atoms with Crippen LogP contribution in [0.4, 0.5) is 13.2 Å². The zero-order chi connectivity index (χ0) is 23.4. The summed E-state index contributed by atoms with van der Waals surface area (Å²) < 4.78 is 43.3. The minimum absolute atomic E-state index is 0.0970. The van der Waals surface area contributed by atoms with E-state index in [1.165, 1.54) is 17.0 Å². The molecule has 2 aromatic heterocycles. The van der Waals surface area contributed by atoms with Gasteiger partial charge < -0.3 is 14.3 Å². The molecule has 0 N–H and O–H groups in total. The van der Waals surface area contributed by atoms with E-state index in [0.29, 0.717) is 44.3 Å². The average molecular weight is 459 g/mol. The Morgan fingerprint density at radius 2 is 1.58 bits per heavy atom. The van der Waals surface area contributed by atoms with E-state index in [9.17, 15) is 22.8 Å². The van der Waals surface area contributed by atoms with Gasteiger partial charge in [0.15, 0.2) is 0 Å². The molecule has 0 spiro atoms. The molecule has 1 aliphatic rings. The fourth-order valence-corrected chi connectivity index (χ4v) is 3.49. The van der Waals surface area contributed by atoms with Crippen LogP contribution in [-0.2, 0) is 17.4 Å². The Balaban J connectivity index is 1.26. The molecule has 2 amide bonds. The Morgan fingerprint density at radius 3 is 2.21 bits per heavy atom. The van der Waals surface area contributed by atoms with E-state index in [4.69, 9.17) is 4.52 Å². The molecule has 1 aromatic carbocycles. The maximum Gasteiger partial charge on any atom is 0.416 e. The zero-order valence-corrected chi connectivity index (χ0v) is 17.5. The van der Waals surface area contributed by atoms with E-state index >= 15 is 0 Å². The van der Waals surface area contributed by atoms with Crippen LogP contribution >= 0.6 is 0 Å². The number of rotatable bonds is 5. The summed E-state index contributed by atoms with van der Waals surface area (Å²) >= 11 is 0. The molecule has 8 nitrogen and oxygen atoms in total. The first-order valence-corrected chi connectivity index (χ1v) is 10.3. The van der Waals surface area contributed by atoms with Gasteiger partial charge in [-0.2, -0.15) is 18.2 Å². The Bertz CT molecular complexity index is 1110. The SMILES string of the molecule is O=C(CCc1nc(-c2ccncc2)no1)N1CCN(C(=O)c2ccc(C(F)(F)F)cc2)CC1. The highest BCUT2D eigenvalue weighted by molar-refractivity contribution is 5.94. The second-order valence-corrected chi connectivity index (χ2v) is 7.50. The van der Waals surface area contributed by atoms with Crippen molar-refractivity contribution in [3.8, 4) is 11.4 Å². The summed E-state index contributed by atoms with van der Waals surface area (Å²) in [5.41, 5.74) is 0.146. The summed E-state index contributed by atoms with van der Waals surface area (Å²) in [6, 6.07) is 7.65. The molecule has 0 radical (unpaired) electrons. The molecule has 3 aromatic rings. The summed E-state index contributed by atoms with van der Waals surface area (Å²) in [6.07, 6.45) is -0.727. The molecular formula is C22H20F3N5O3. The molecule has 0 unspecified atom stereocenters. The molecule has 0 saturated carbocycles. The molecule has 1 aliphatic heterocycles. The van der Waals surface area contributed by atoms with E-state index in [0.717, 1.165) is 17.7 Å². The molecule has 0 atom stereocenters. The van der Waals surface area contributed by atoms with Crippen molar-refractivity contribution >= 4 is 11.8 Å². The smallest absolute Gasteiger partial charge is 0.339 e. The van der Waals surface area contributed by atoms with Gasteiger partial charge in [-0.15, -0.1) is 0 Å². The van der Waals surface area contributed by atoms with Crippen LogP contribution in [0.1, 0.15) is 28.2 Å². The number of nitrogens with zero attached hydrogens (tertiary/aromatic N) is 5. The van der Waals surface area contributed by atoms with Crippen LogP contribution in [0.3, 0.4) is 0 Å². The Morgan fingerprint density at radius 1 is 0.939 bits per heavy atom. The fraction of sp³-hybridized carbons (Fsp3) is 0.318. The van der Waals surface area contributed by atoms with Crippen LogP contribution < -0.4 is 0 Å². The average Bonchev–Trinajstić information content (AvgIpc) is 3.31. The predicted octanol–water partition coefficient (Wildman–Crippen LogP) is 3.07. The summed E-state index contributed by atoms with van der Waals surface area (Å²) in [4.78, 5) is 36.5. The first-order valence-electron chi connectivity index (χ1n) is 10.3. The summed E-state index contributed by atoms with van der Waals surface area (Å²) in [5, 5.41) is 3.91. The first kappa shape index (κ1) is 22.4. The molecule has 3 heterocycles. The molecular weight excluding hydrogens is 439 g/mol. The number of benzene rings is 1. The fourth-order valence-electron chi connectivity index (χ4n) is 3.49. The van der Waals surface area contributed by atoms with Crippen molar-refractivity contribution < 1.29 is 27.3 Å². The lowest BCUT2D eigenvalue weighted by Gasteiger charge is -2.34. The number of hydrogen-bond acceptors (Lipinski definition) is 6. The van der Waals surface area contributed by atoms with E-state index in [1.54, 1.807) is 29.4 Å². The number of hydrogen-bond donors (Lipinski definition) is 0. The van der Waals surface area contributed by atoms with Gasteiger partial charge in [0.2, 0.25) is 17.6 Å². The standard InChI is InChI=1S/C22H20F3N5O3/c23-22(24,25)17-3-1-16(2-4-17)21(32)30-13-11-29(12-14-30)19(31)6-5-18-27-20(28-33-18)15-7-9-26-10-8-15/h1-4,7-10H,5-6,11-14H2. The van der Waals surface area contributed by atoms with Gasteiger partial charge in [-0.25, -0.2) is 0 Å². The lowest BCUT2D eigenvalue weighted by atomic mass is 10.1. The van der Waals surface area contributed by atoms with Crippen molar-refractivity contribution in [2.45, 2.75) is 19.0 Å². The number of aromatic nitrogens is 3. The summed E-state index contributed by atoms with van der Waals surface area (Å²) in [7, 11) is 0. The van der Waals surface area contributed by atoms with Crippen molar-refractivity contribution in [2.75, 3.05) is 26.2 Å². The topological polar surface area (TPSA) is 92.4 Å². The number of alkyl halides is 3. The molecule has 4 rings (SSSR count). The molecule has 1 fully saturated rings. The van der Waals surface area contributed by atoms with E-state index in [-0.39, 0.29) is 23.8 Å². The Kier molecular flexibility index (Phi) is 6.38. The van der Waals surface area contributed by atoms with Crippen molar-refractivity contribution in [2.24, 2.45) is 0 Å². The third kappa shape index (κ3) is 5.36. The number of carbonyl (C=O) groups is 2. The van der Waals surface area contributed by atoms with Crippen LogP contribution in [0.5, 0.6) is 0 Å². The summed E-state index contributed by atoms with van der Waals surface area (Å²) in [5.74, 6) is 0.326.